The van der Waals surface area contributed by atoms with E-state index in [1.807, 2.05) is 0 Å². The van der Waals surface area contributed by atoms with Gasteiger partial charge in [0.1, 0.15) is 17.4 Å². The van der Waals surface area contributed by atoms with Crippen LogP contribution in [0.4, 0.5) is 4.39 Å². The predicted octanol–water partition coefficient (Wildman–Crippen LogP) is 3.88. The molecule has 0 aliphatic heterocycles. The van der Waals surface area contributed by atoms with Gasteiger partial charge in [0.05, 0.1) is 5.75 Å². The number of aromatic nitrogens is 5. The van der Waals surface area contributed by atoms with Crippen LogP contribution in [0.2, 0.25) is 0 Å². The number of hydrogen-bond acceptors (Lipinski definition) is 7. The maximum absolute atomic E-state index is 12.9. The van der Waals surface area contributed by atoms with Crippen LogP contribution in [-0.4, -0.2) is 24.9 Å². The molecule has 0 spiro atoms. The van der Waals surface area contributed by atoms with Crippen LogP contribution >= 0.6 is 11.8 Å². The highest BCUT2D eigenvalue weighted by molar-refractivity contribution is 7.98. The number of ether oxygens (including phenoxy) is 1. The SMILES string of the molecule is Fc1ccc(OCc2noc(CSc3nnc(C4CC4)n3C3CC3)n2)cc1. The minimum absolute atomic E-state index is 0.171. The lowest BCUT2D eigenvalue weighted by atomic mass is 10.3. The zero-order chi connectivity index (χ0) is 18.2. The molecule has 2 saturated carbocycles. The average molecular weight is 387 g/mol. The number of rotatable bonds is 8. The van der Waals surface area contributed by atoms with Crippen molar-refractivity contribution in [2.45, 2.75) is 55.2 Å². The van der Waals surface area contributed by atoms with Crippen molar-refractivity contribution in [3.05, 3.63) is 47.6 Å². The Bertz CT molecular complexity index is 934. The quantitative estimate of drug-likeness (QED) is 0.543. The first-order valence-corrected chi connectivity index (χ1v) is 10.0. The second kappa shape index (κ2) is 6.95. The number of nitrogens with zero attached hydrogens (tertiary/aromatic N) is 5. The van der Waals surface area contributed by atoms with Crippen molar-refractivity contribution in [3.63, 3.8) is 0 Å². The molecule has 2 heterocycles. The molecule has 0 N–H and O–H groups in total. The lowest BCUT2D eigenvalue weighted by Gasteiger charge is -2.06. The van der Waals surface area contributed by atoms with Crippen molar-refractivity contribution in [3.8, 4) is 5.75 Å². The zero-order valence-corrected chi connectivity index (χ0v) is 15.4. The summed E-state index contributed by atoms with van der Waals surface area (Å²) in [6, 6.07) is 6.38. The molecule has 7 nitrogen and oxygen atoms in total. The fraction of sp³-hybridized carbons (Fsp3) is 0.444. The van der Waals surface area contributed by atoms with Gasteiger partial charge in [-0.15, -0.1) is 10.2 Å². The minimum atomic E-state index is -0.301. The molecule has 2 fully saturated rings. The summed E-state index contributed by atoms with van der Waals surface area (Å²) in [6.07, 6.45) is 4.85. The average Bonchev–Trinajstić information content (AvgIpc) is 3.61. The van der Waals surface area contributed by atoms with Gasteiger partial charge in [0.25, 0.3) is 0 Å². The zero-order valence-electron chi connectivity index (χ0n) is 14.5. The Morgan fingerprint density at radius 2 is 1.96 bits per heavy atom. The number of hydrogen-bond donors (Lipinski definition) is 0. The van der Waals surface area contributed by atoms with Gasteiger partial charge in [-0.25, -0.2) is 4.39 Å². The van der Waals surface area contributed by atoms with E-state index in [0.29, 0.717) is 35.2 Å². The first-order valence-electron chi connectivity index (χ1n) is 9.03. The second-order valence-corrected chi connectivity index (χ2v) is 7.79. The summed E-state index contributed by atoms with van der Waals surface area (Å²) in [6.45, 7) is 0.171. The van der Waals surface area contributed by atoms with Crippen LogP contribution in [0.5, 0.6) is 5.75 Å². The van der Waals surface area contributed by atoms with E-state index in [4.69, 9.17) is 9.26 Å². The highest BCUT2D eigenvalue weighted by atomic mass is 32.2. The van der Waals surface area contributed by atoms with Crippen LogP contribution in [0.1, 0.15) is 55.2 Å². The molecule has 2 aliphatic carbocycles. The highest BCUT2D eigenvalue weighted by Crippen LogP contribution is 2.46. The Balaban J connectivity index is 1.19. The van der Waals surface area contributed by atoms with E-state index < -0.39 is 0 Å². The Morgan fingerprint density at radius 3 is 2.70 bits per heavy atom. The summed E-state index contributed by atoms with van der Waals surface area (Å²) in [5.74, 6) is 3.50. The smallest absolute Gasteiger partial charge is 0.237 e. The van der Waals surface area contributed by atoms with Crippen molar-refractivity contribution in [2.75, 3.05) is 0 Å². The molecule has 0 saturated heterocycles. The van der Waals surface area contributed by atoms with Crippen molar-refractivity contribution >= 4 is 11.8 Å². The summed E-state index contributed by atoms with van der Waals surface area (Å²) in [4.78, 5) is 4.35. The molecule has 0 atom stereocenters. The van der Waals surface area contributed by atoms with Gasteiger partial charge in [0.15, 0.2) is 11.8 Å². The van der Waals surface area contributed by atoms with E-state index in [0.717, 1.165) is 11.0 Å². The molecular formula is C18H18FN5O2S. The lowest BCUT2D eigenvalue weighted by Crippen LogP contribution is -2.02. The van der Waals surface area contributed by atoms with Crippen molar-refractivity contribution in [2.24, 2.45) is 0 Å². The third-order valence-corrected chi connectivity index (χ3v) is 5.49. The van der Waals surface area contributed by atoms with Crippen molar-refractivity contribution in [1.82, 2.24) is 24.9 Å². The molecule has 140 valence electrons. The lowest BCUT2D eigenvalue weighted by molar-refractivity contribution is 0.285. The third-order valence-electron chi connectivity index (χ3n) is 4.56. The molecular weight excluding hydrogens is 369 g/mol. The van der Waals surface area contributed by atoms with E-state index in [1.165, 1.54) is 37.8 Å². The van der Waals surface area contributed by atoms with Crippen LogP contribution in [-0.2, 0) is 12.4 Å². The molecule has 2 aliphatic rings. The largest absolute Gasteiger partial charge is 0.485 e. The highest BCUT2D eigenvalue weighted by Gasteiger charge is 2.36. The standard InChI is InChI=1S/C18H18FN5O2S/c19-12-3-7-14(8-4-12)25-9-15-20-16(26-23-15)10-27-18-22-21-17(11-1-2-11)24(18)13-5-6-13/h3-4,7-8,11,13H,1-2,5-6,9-10H2. The maximum Gasteiger partial charge on any atom is 0.237 e. The van der Waals surface area contributed by atoms with Gasteiger partial charge in [-0.2, -0.15) is 4.98 Å². The first-order chi connectivity index (χ1) is 13.3. The van der Waals surface area contributed by atoms with Gasteiger partial charge in [0.2, 0.25) is 11.7 Å². The van der Waals surface area contributed by atoms with Gasteiger partial charge in [-0.1, -0.05) is 16.9 Å². The van der Waals surface area contributed by atoms with E-state index >= 15 is 0 Å². The monoisotopic (exact) mass is 387 g/mol. The van der Waals surface area contributed by atoms with E-state index in [2.05, 4.69) is 24.9 Å². The van der Waals surface area contributed by atoms with Gasteiger partial charge < -0.3 is 13.8 Å². The van der Waals surface area contributed by atoms with Gasteiger partial charge in [-0.05, 0) is 49.9 Å². The molecule has 0 bridgehead atoms. The van der Waals surface area contributed by atoms with E-state index in [9.17, 15) is 4.39 Å². The molecule has 27 heavy (non-hydrogen) atoms. The summed E-state index contributed by atoms with van der Waals surface area (Å²) in [5, 5.41) is 13.6. The molecule has 0 unspecified atom stereocenters. The molecule has 5 rings (SSSR count). The predicted molar refractivity (Wildman–Crippen MR) is 94.9 cm³/mol. The molecule has 0 radical (unpaired) electrons. The maximum atomic E-state index is 12.9. The molecule has 9 heteroatoms. The van der Waals surface area contributed by atoms with Crippen LogP contribution in [0.25, 0.3) is 0 Å². The Hall–Kier alpha value is -2.42. The molecule has 2 aromatic heterocycles. The van der Waals surface area contributed by atoms with Crippen LogP contribution in [0.15, 0.2) is 33.9 Å². The first kappa shape index (κ1) is 16.7. The Labute approximate surface area is 159 Å². The normalized spacial score (nSPS) is 16.6. The fourth-order valence-corrected chi connectivity index (χ4v) is 3.75. The van der Waals surface area contributed by atoms with Gasteiger partial charge in [0, 0.05) is 12.0 Å². The van der Waals surface area contributed by atoms with Crippen molar-refractivity contribution < 1.29 is 13.7 Å². The third kappa shape index (κ3) is 3.83. The summed E-state index contributed by atoms with van der Waals surface area (Å²) >= 11 is 1.57. The fourth-order valence-electron chi connectivity index (χ4n) is 2.90. The van der Waals surface area contributed by atoms with Crippen molar-refractivity contribution in [1.29, 1.82) is 0 Å². The number of benzene rings is 1. The number of thioether (sulfide) groups is 1. The minimum Gasteiger partial charge on any atom is -0.485 e. The molecule has 0 amide bonds. The summed E-state index contributed by atoms with van der Waals surface area (Å²) in [7, 11) is 0. The van der Waals surface area contributed by atoms with Crippen LogP contribution in [0.3, 0.4) is 0 Å². The van der Waals surface area contributed by atoms with E-state index in [1.54, 1.807) is 23.9 Å². The Morgan fingerprint density at radius 1 is 1.15 bits per heavy atom. The Kier molecular flexibility index (Phi) is 4.31. The van der Waals surface area contributed by atoms with Crippen LogP contribution in [0, 0.1) is 5.82 Å². The topological polar surface area (TPSA) is 78.9 Å². The van der Waals surface area contributed by atoms with Gasteiger partial charge in [-0.3, -0.25) is 0 Å². The molecule has 1 aromatic carbocycles. The number of halogens is 1. The van der Waals surface area contributed by atoms with Gasteiger partial charge >= 0.3 is 0 Å². The molecule has 3 aromatic rings. The van der Waals surface area contributed by atoms with Crippen LogP contribution < -0.4 is 4.74 Å². The second-order valence-electron chi connectivity index (χ2n) is 6.85. The summed E-state index contributed by atoms with van der Waals surface area (Å²) in [5.41, 5.74) is 0. The summed E-state index contributed by atoms with van der Waals surface area (Å²) < 4.78 is 26.0. The van der Waals surface area contributed by atoms with E-state index in [-0.39, 0.29) is 12.4 Å².